The third-order valence-corrected chi connectivity index (χ3v) is 4.60. The minimum Gasteiger partial charge on any atom is -0.334 e. The van der Waals surface area contributed by atoms with Crippen LogP contribution >= 0.6 is 23.4 Å². The van der Waals surface area contributed by atoms with Gasteiger partial charge >= 0.3 is 0 Å². The molecule has 0 spiro atoms. The molecule has 0 radical (unpaired) electrons. The Hall–Kier alpha value is -1.92. The predicted octanol–water partition coefficient (Wildman–Crippen LogP) is 4.40. The summed E-state index contributed by atoms with van der Waals surface area (Å²) < 4.78 is 5.29. The molecule has 7 heteroatoms. The molecule has 0 saturated heterocycles. The lowest BCUT2D eigenvalue weighted by molar-refractivity contribution is 0.425. The number of rotatable bonds is 4. The third kappa shape index (κ3) is 3.71. The molecule has 0 fully saturated rings. The van der Waals surface area contributed by atoms with Gasteiger partial charge in [0.05, 0.1) is 5.75 Å². The first-order valence-corrected chi connectivity index (χ1v) is 8.42. The Morgan fingerprint density at radius 1 is 1.00 bits per heavy atom. The zero-order chi connectivity index (χ0) is 16.4. The average Bonchev–Trinajstić information content (AvgIpc) is 3.00. The SMILES string of the molecule is Cc1nc(SCc2noc(-c3ccc(Cl)cc3)n2)nc(C)c1C. The van der Waals surface area contributed by atoms with Gasteiger partial charge in [0.15, 0.2) is 11.0 Å². The molecule has 5 nitrogen and oxygen atoms in total. The smallest absolute Gasteiger partial charge is 0.257 e. The topological polar surface area (TPSA) is 64.7 Å². The van der Waals surface area contributed by atoms with Crippen molar-refractivity contribution in [3.63, 3.8) is 0 Å². The van der Waals surface area contributed by atoms with E-state index in [9.17, 15) is 0 Å². The zero-order valence-corrected chi connectivity index (χ0v) is 14.6. The van der Waals surface area contributed by atoms with Crippen molar-refractivity contribution >= 4 is 23.4 Å². The van der Waals surface area contributed by atoms with E-state index in [1.165, 1.54) is 11.8 Å². The van der Waals surface area contributed by atoms with Crippen LogP contribution in [0.5, 0.6) is 0 Å². The molecule has 3 aromatic rings. The quantitative estimate of drug-likeness (QED) is 0.515. The van der Waals surface area contributed by atoms with Crippen molar-refractivity contribution in [3.05, 3.63) is 52.1 Å². The zero-order valence-electron chi connectivity index (χ0n) is 13.0. The highest BCUT2D eigenvalue weighted by atomic mass is 35.5. The number of aromatic nitrogens is 4. The van der Waals surface area contributed by atoms with Gasteiger partial charge in [0.1, 0.15) is 0 Å². The maximum absolute atomic E-state index is 5.87. The molecule has 0 unspecified atom stereocenters. The molecule has 23 heavy (non-hydrogen) atoms. The molecule has 0 aliphatic carbocycles. The van der Waals surface area contributed by atoms with Crippen LogP contribution in [0.15, 0.2) is 33.9 Å². The predicted molar refractivity (Wildman–Crippen MR) is 90.5 cm³/mol. The van der Waals surface area contributed by atoms with Crippen molar-refractivity contribution in [2.75, 3.05) is 0 Å². The molecule has 1 aromatic carbocycles. The first-order chi connectivity index (χ1) is 11.0. The first kappa shape index (κ1) is 16.0. The van der Waals surface area contributed by atoms with E-state index in [1.807, 2.05) is 32.9 Å². The van der Waals surface area contributed by atoms with Crippen LogP contribution in [0.2, 0.25) is 5.02 Å². The van der Waals surface area contributed by atoms with Gasteiger partial charge in [0.25, 0.3) is 5.89 Å². The second-order valence-electron chi connectivity index (χ2n) is 5.11. The molecule has 0 aliphatic heterocycles. The minimum atomic E-state index is 0.481. The minimum absolute atomic E-state index is 0.481. The summed E-state index contributed by atoms with van der Waals surface area (Å²) in [5, 5.41) is 5.39. The Labute approximate surface area is 143 Å². The summed E-state index contributed by atoms with van der Waals surface area (Å²) in [6.45, 7) is 6.00. The summed E-state index contributed by atoms with van der Waals surface area (Å²) in [5.41, 5.74) is 3.96. The van der Waals surface area contributed by atoms with E-state index in [0.717, 1.165) is 27.7 Å². The number of nitrogens with zero attached hydrogens (tertiary/aromatic N) is 4. The van der Waals surface area contributed by atoms with E-state index in [4.69, 9.17) is 16.1 Å². The molecule has 0 atom stereocenters. The fourth-order valence-corrected chi connectivity index (χ4v) is 2.86. The molecule has 0 saturated carbocycles. The van der Waals surface area contributed by atoms with Gasteiger partial charge in [-0.3, -0.25) is 0 Å². The van der Waals surface area contributed by atoms with Gasteiger partial charge in [-0.2, -0.15) is 4.98 Å². The van der Waals surface area contributed by atoms with Gasteiger partial charge in [-0.1, -0.05) is 28.5 Å². The van der Waals surface area contributed by atoms with Crippen LogP contribution in [-0.2, 0) is 5.75 Å². The van der Waals surface area contributed by atoms with Crippen molar-refractivity contribution in [3.8, 4) is 11.5 Å². The summed E-state index contributed by atoms with van der Waals surface area (Å²) in [6, 6.07) is 7.29. The molecule has 0 bridgehead atoms. The monoisotopic (exact) mass is 346 g/mol. The third-order valence-electron chi connectivity index (χ3n) is 3.50. The Bertz CT molecular complexity index is 809. The normalized spacial score (nSPS) is 11.0. The van der Waals surface area contributed by atoms with Gasteiger partial charge in [-0.25, -0.2) is 9.97 Å². The van der Waals surface area contributed by atoms with Crippen LogP contribution in [-0.4, -0.2) is 20.1 Å². The maximum atomic E-state index is 5.87. The largest absolute Gasteiger partial charge is 0.334 e. The number of hydrogen-bond donors (Lipinski definition) is 0. The molecular weight excluding hydrogens is 332 g/mol. The van der Waals surface area contributed by atoms with Crippen LogP contribution < -0.4 is 0 Å². The molecule has 0 aliphatic rings. The Morgan fingerprint density at radius 2 is 1.65 bits per heavy atom. The van der Waals surface area contributed by atoms with E-state index in [1.54, 1.807) is 12.1 Å². The fourth-order valence-electron chi connectivity index (χ4n) is 1.96. The molecule has 2 aromatic heterocycles. The lowest BCUT2D eigenvalue weighted by Gasteiger charge is -2.05. The van der Waals surface area contributed by atoms with Gasteiger partial charge in [-0.15, -0.1) is 0 Å². The lowest BCUT2D eigenvalue weighted by atomic mass is 10.2. The number of halogens is 1. The summed E-state index contributed by atoms with van der Waals surface area (Å²) in [6.07, 6.45) is 0. The summed E-state index contributed by atoms with van der Waals surface area (Å²) in [7, 11) is 0. The second-order valence-corrected chi connectivity index (χ2v) is 6.49. The van der Waals surface area contributed by atoms with Crippen molar-refractivity contribution in [1.29, 1.82) is 0 Å². The second kappa shape index (κ2) is 6.68. The summed E-state index contributed by atoms with van der Waals surface area (Å²) >= 11 is 7.37. The highest BCUT2D eigenvalue weighted by molar-refractivity contribution is 7.98. The van der Waals surface area contributed by atoms with Crippen molar-refractivity contribution in [1.82, 2.24) is 20.1 Å². The van der Waals surface area contributed by atoms with Crippen LogP contribution in [0.4, 0.5) is 0 Å². The first-order valence-electron chi connectivity index (χ1n) is 7.06. The maximum Gasteiger partial charge on any atom is 0.257 e. The summed E-state index contributed by atoms with van der Waals surface area (Å²) in [5.74, 6) is 1.65. The van der Waals surface area contributed by atoms with Crippen LogP contribution in [0.1, 0.15) is 22.8 Å². The number of thioether (sulfide) groups is 1. The molecular formula is C16H15ClN4OS. The Balaban J connectivity index is 1.71. The molecule has 0 amide bonds. The number of hydrogen-bond acceptors (Lipinski definition) is 6. The summed E-state index contributed by atoms with van der Waals surface area (Å²) in [4.78, 5) is 13.3. The highest BCUT2D eigenvalue weighted by Crippen LogP contribution is 2.23. The van der Waals surface area contributed by atoms with E-state index >= 15 is 0 Å². The van der Waals surface area contributed by atoms with Crippen molar-refractivity contribution in [2.45, 2.75) is 31.7 Å². The van der Waals surface area contributed by atoms with E-state index in [-0.39, 0.29) is 0 Å². The fraction of sp³-hybridized carbons (Fsp3) is 0.250. The molecule has 3 rings (SSSR count). The molecule has 0 N–H and O–H groups in total. The lowest BCUT2D eigenvalue weighted by Crippen LogP contribution is -1.98. The van der Waals surface area contributed by atoms with Gasteiger partial charge in [0.2, 0.25) is 0 Å². The standard InChI is InChI=1S/C16H15ClN4OS/c1-9-10(2)18-16(19-11(9)3)23-8-14-20-15(22-21-14)12-4-6-13(17)7-5-12/h4-7H,8H2,1-3H3. The van der Waals surface area contributed by atoms with Crippen LogP contribution in [0.3, 0.4) is 0 Å². The van der Waals surface area contributed by atoms with E-state index in [0.29, 0.717) is 22.5 Å². The van der Waals surface area contributed by atoms with Crippen molar-refractivity contribution < 1.29 is 4.52 Å². The van der Waals surface area contributed by atoms with Crippen LogP contribution in [0.25, 0.3) is 11.5 Å². The van der Waals surface area contributed by atoms with E-state index < -0.39 is 0 Å². The van der Waals surface area contributed by atoms with E-state index in [2.05, 4.69) is 20.1 Å². The number of aryl methyl sites for hydroxylation is 2. The highest BCUT2D eigenvalue weighted by Gasteiger charge is 2.11. The number of benzene rings is 1. The average molecular weight is 347 g/mol. The van der Waals surface area contributed by atoms with Crippen LogP contribution in [0, 0.1) is 20.8 Å². The van der Waals surface area contributed by atoms with Crippen molar-refractivity contribution in [2.24, 2.45) is 0 Å². The molecule has 118 valence electrons. The van der Waals surface area contributed by atoms with Gasteiger partial charge in [0, 0.05) is 22.0 Å². The molecule has 2 heterocycles. The van der Waals surface area contributed by atoms with Gasteiger partial charge in [-0.05, 0) is 50.6 Å². The Kier molecular flexibility index (Phi) is 4.63. The Morgan fingerprint density at radius 3 is 2.30 bits per heavy atom. The van der Waals surface area contributed by atoms with Gasteiger partial charge < -0.3 is 4.52 Å².